The minimum Gasteiger partial charge on any atom is -0.467 e. The number of hydrogen-bond acceptors (Lipinski definition) is 6. The molecule has 0 fully saturated rings. The third kappa shape index (κ3) is 3.49. The molecule has 0 bridgehead atoms. The Morgan fingerprint density at radius 1 is 1.12 bits per heavy atom. The SMILES string of the molecule is C[C@@H](NC(=O)COC(=O)CN1C(=O)c2ccccc2C1=O)c1ccco1. The average molecular weight is 356 g/mol. The van der Waals surface area contributed by atoms with E-state index in [1.54, 1.807) is 31.2 Å². The van der Waals surface area contributed by atoms with Crippen LogP contribution in [0.5, 0.6) is 0 Å². The van der Waals surface area contributed by atoms with Gasteiger partial charge in [0.05, 0.1) is 23.4 Å². The van der Waals surface area contributed by atoms with E-state index in [0.29, 0.717) is 5.76 Å². The lowest BCUT2D eigenvalue weighted by atomic mass is 10.1. The maximum Gasteiger partial charge on any atom is 0.326 e. The van der Waals surface area contributed by atoms with Gasteiger partial charge in [0.15, 0.2) is 6.61 Å². The van der Waals surface area contributed by atoms with Crippen LogP contribution >= 0.6 is 0 Å². The summed E-state index contributed by atoms with van der Waals surface area (Å²) < 4.78 is 10.0. The van der Waals surface area contributed by atoms with Crippen molar-refractivity contribution in [2.24, 2.45) is 0 Å². The molecule has 0 radical (unpaired) electrons. The van der Waals surface area contributed by atoms with Gasteiger partial charge < -0.3 is 14.5 Å². The zero-order valence-electron chi connectivity index (χ0n) is 13.9. The van der Waals surface area contributed by atoms with Crippen molar-refractivity contribution in [3.63, 3.8) is 0 Å². The monoisotopic (exact) mass is 356 g/mol. The summed E-state index contributed by atoms with van der Waals surface area (Å²) in [4.78, 5) is 48.8. The van der Waals surface area contributed by atoms with Gasteiger partial charge >= 0.3 is 5.97 Å². The van der Waals surface area contributed by atoms with Gasteiger partial charge in [-0.3, -0.25) is 24.1 Å². The fourth-order valence-corrected chi connectivity index (χ4v) is 2.60. The zero-order chi connectivity index (χ0) is 18.7. The van der Waals surface area contributed by atoms with Crippen LogP contribution in [-0.2, 0) is 14.3 Å². The third-order valence-electron chi connectivity index (χ3n) is 3.88. The van der Waals surface area contributed by atoms with Crippen LogP contribution in [-0.4, -0.2) is 41.7 Å². The van der Waals surface area contributed by atoms with Gasteiger partial charge in [-0.15, -0.1) is 0 Å². The molecule has 26 heavy (non-hydrogen) atoms. The van der Waals surface area contributed by atoms with Gasteiger partial charge in [-0.1, -0.05) is 12.1 Å². The van der Waals surface area contributed by atoms with Crippen molar-refractivity contribution in [1.29, 1.82) is 0 Å². The Morgan fingerprint density at radius 2 is 1.77 bits per heavy atom. The molecule has 1 N–H and O–H groups in total. The van der Waals surface area contributed by atoms with Gasteiger partial charge in [-0.25, -0.2) is 0 Å². The van der Waals surface area contributed by atoms with E-state index < -0.39 is 36.8 Å². The van der Waals surface area contributed by atoms with Crippen LogP contribution < -0.4 is 5.32 Å². The summed E-state index contributed by atoms with van der Waals surface area (Å²) in [6, 6.07) is 9.33. The second-order valence-electron chi connectivity index (χ2n) is 5.71. The van der Waals surface area contributed by atoms with Crippen molar-refractivity contribution in [3.8, 4) is 0 Å². The highest BCUT2D eigenvalue weighted by Gasteiger charge is 2.36. The summed E-state index contributed by atoms with van der Waals surface area (Å²) in [6.07, 6.45) is 1.49. The first kappa shape index (κ1) is 17.4. The maximum atomic E-state index is 12.2. The topological polar surface area (TPSA) is 106 Å². The van der Waals surface area contributed by atoms with Crippen LogP contribution in [0.25, 0.3) is 0 Å². The quantitative estimate of drug-likeness (QED) is 0.618. The maximum absolute atomic E-state index is 12.2. The Labute approximate surface area is 148 Å². The number of esters is 1. The van der Waals surface area contributed by atoms with Crippen molar-refractivity contribution in [1.82, 2.24) is 10.2 Å². The van der Waals surface area contributed by atoms with E-state index in [1.807, 2.05) is 0 Å². The largest absolute Gasteiger partial charge is 0.467 e. The van der Waals surface area contributed by atoms with Crippen molar-refractivity contribution >= 4 is 23.7 Å². The molecule has 3 amide bonds. The van der Waals surface area contributed by atoms with Gasteiger partial charge in [0, 0.05) is 0 Å². The normalized spacial score (nSPS) is 14.1. The lowest BCUT2D eigenvalue weighted by Crippen LogP contribution is -2.37. The predicted molar refractivity (Wildman–Crippen MR) is 88.0 cm³/mol. The molecule has 1 atom stereocenters. The van der Waals surface area contributed by atoms with Crippen molar-refractivity contribution in [2.75, 3.05) is 13.2 Å². The van der Waals surface area contributed by atoms with E-state index in [-0.39, 0.29) is 17.2 Å². The summed E-state index contributed by atoms with van der Waals surface area (Å²) in [7, 11) is 0. The molecule has 0 saturated carbocycles. The van der Waals surface area contributed by atoms with Crippen LogP contribution in [0.4, 0.5) is 0 Å². The molecule has 8 heteroatoms. The summed E-state index contributed by atoms with van der Waals surface area (Å²) in [5.41, 5.74) is 0.491. The first-order chi connectivity index (χ1) is 12.5. The van der Waals surface area contributed by atoms with E-state index in [4.69, 9.17) is 9.15 Å². The molecule has 0 unspecified atom stereocenters. The first-order valence-corrected chi connectivity index (χ1v) is 7.91. The molecule has 1 aliphatic rings. The molecule has 1 aromatic carbocycles. The Kier molecular flexibility index (Phi) is 4.83. The van der Waals surface area contributed by atoms with Crippen LogP contribution in [0.3, 0.4) is 0 Å². The molecule has 1 aromatic heterocycles. The van der Waals surface area contributed by atoms with Crippen LogP contribution in [0, 0.1) is 0 Å². The molecule has 0 aliphatic carbocycles. The molecular weight excluding hydrogens is 340 g/mol. The smallest absolute Gasteiger partial charge is 0.326 e. The fourth-order valence-electron chi connectivity index (χ4n) is 2.60. The molecular formula is C18H16N2O6. The summed E-state index contributed by atoms with van der Waals surface area (Å²) in [5.74, 6) is -1.92. The highest BCUT2D eigenvalue weighted by atomic mass is 16.5. The number of ether oxygens (including phenoxy) is 1. The number of amides is 3. The highest BCUT2D eigenvalue weighted by molar-refractivity contribution is 6.22. The Bertz CT molecular complexity index is 823. The van der Waals surface area contributed by atoms with E-state index in [9.17, 15) is 19.2 Å². The molecule has 0 spiro atoms. The van der Waals surface area contributed by atoms with E-state index in [0.717, 1.165) is 4.90 Å². The Morgan fingerprint density at radius 3 is 2.35 bits per heavy atom. The Hall–Kier alpha value is -3.42. The van der Waals surface area contributed by atoms with Gasteiger partial charge in [0.25, 0.3) is 17.7 Å². The van der Waals surface area contributed by atoms with Crippen molar-refractivity contribution in [3.05, 3.63) is 59.5 Å². The minimum atomic E-state index is -0.847. The van der Waals surface area contributed by atoms with E-state index in [1.165, 1.54) is 18.4 Å². The number of benzene rings is 1. The van der Waals surface area contributed by atoms with Crippen molar-refractivity contribution < 1.29 is 28.3 Å². The first-order valence-electron chi connectivity index (χ1n) is 7.91. The molecule has 2 heterocycles. The lowest BCUT2D eigenvalue weighted by Gasteiger charge is -2.14. The van der Waals surface area contributed by atoms with Gasteiger partial charge in [-0.05, 0) is 31.2 Å². The second kappa shape index (κ2) is 7.22. The number of carbonyl (C=O) groups is 4. The lowest BCUT2D eigenvalue weighted by molar-refractivity contribution is -0.148. The number of fused-ring (bicyclic) bond motifs is 1. The third-order valence-corrected chi connectivity index (χ3v) is 3.88. The van der Waals surface area contributed by atoms with Gasteiger partial charge in [0.1, 0.15) is 12.3 Å². The average Bonchev–Trinajstić information content (AvgIpc) is 3.24. The minimum absolute atomic E-state index is 0.246. The predicted octanol–water partition coefficient (Wildman–Crippen LogP) is 1.30. The molecule has 3 rings (SSSR count). The fraction of sp³-hybridized carbons (Fsp3) is 0.222. The van der Waals surface area contributed by atoms with Crippen molar-refractivity contribution in [2.45, 2.75) is 13.0 Å². The molecule has 0 saturated heterocycles. The Balaban J connectivity index is 1.50. The standard InChI is InChI=1S/C18H16N2O6/c1-11(14-7-4-8-25-14)19-15(21)10-26-16(22)9-20-17(23)12-5-2-3-6-13(12)18(20)24/h2-8,11H,9-10H2,1H3,(H,19,21)/t11-/m1/s1. The number of hydrogen-bond donors (Lipinski definition) is 1. The van der Waals surface area contributed by atoms with Gasteiger partial charge in [-0.2, -0.15) is 0 Å². The van der Waals surface area contributed by atoms with E-state index >= 15 is 0 Å². The second-order valence-corrected chi connectivity index (χ2v) is 5.71. The number of carbonyl (C=O) groups excluding carboxylic acids is 4. The number of nitrogens with one attached hydrogen (secondary N) is 1. The number of imide groups is 1. The van der Waals surface area contributed by atoms with E-state index in [2.05, 4.69) is 5.32 Å². The van der Waals surface area contributed by atoms with Gasteiger partial charge in [0.2, 0.25) is 0 Å². The summed E-state index contributed by atoms with van der Waals surface area (Å²) >= 11 is 0. The van der Waals surface area contributed by atoms with Crippen LogP contribution in [0.2, 0.25) is 0 Å². The number of nitrogens with zero attached hydrogens (tertiary/aromatic N) is 1. The molecule has 134 valence electrons. The molecule has 1 aliphatic heterocycles. The highest BCUT2D eigenvalue weighted by Crippen LogP contribution is 2.22. The zero-order valence-corrected chi connectivity index (χ0v) is 13.9. The van der Waals surface area contributed by atoms with Crippen LogP contribution in [0.15, 0.2) is 47.1 Å². The van der Waals surface area contributed by atoms with Crippen LogP contribution in [0.1, 0.15) is 39.4 Å². The summed E-state index contributed by atoms with van der Waals surface area (Å²) in [6.45, 7) is 0.651. The number of rotatable bonds is 6. The molecule has 2 aromatic rings. The number of furan rings is 1. The molecule has 8 nitrogen and oxygen atoms in total. The summed E-state index contributed by atoms with van der Waals surface area (Å²) in [5, 5.41) is 2.61.